The molecule has 3 rings (SSSR count). The van der Waals surface area contributed by atoms with Gasteiger partial charge in [0.15, 0.2) is 5.82 Å². The molecule has 3 heterocycles. The van der Waals surface area contributed by atoms with Gasteiger partial charge in [-0.15, -0.1) is 0 Å². The maximum absolute atomic E-state index is 4.46. The van der Waals surface area contributed by atoms with E-state index in [4.69, 9.17) is 0 Å². The second-order valence-electron chi connectivity index (χ2n) is 5.36. The number of pyridine rings is 1. The molecule has 0 aliphatic rings. The first kappa shape index (κ1) is 14.5. The molecule has 5 nitrogen and oxygen atoms in total. The number of imidazole rings is 2. The number of hydrogen-bond donors (Lipinski definition) is 1. The van der Waals surface area contributed by atoms with Crippen molar-refractivity contribution in [1.29, 1.82) is 0 Å². The van der Waals surface area contributed by atoms with Gasteiger partial charge in [-0.25, -0.2) is 9.97 Å². The molecule has 3 aromatic heterocycles. The zero-order valence-corrected chi connectivity index (χ0v) is 12.9. The molecule has 0 unspecified atom stereocenters. The quantitative estimate of drug-likeness (QED) is 0.728. The summed E-state index contributed by atoms with van der Waals surface area (Å²) in [5.74, 6) is 1.97. The zero-order chi connectivity index (χ0) is 15.2. The van der Waals surface area contributed by atoms with Crippen LogP contribution in [0.15, 0.2) is 43.0 Å². The normalized spacial score (nSPS) is 11.0. The Morgan fingerprint density at radius 2 is 2.05 bits per heavy atom. The highest BCUT2D eigenvalue weighted by Gasteiger charge is 2.09. The van der Waals surface area contributed by atoms with E-state index in [-0.39, 0.29) is 0 Å². The molecule has 0 aliphatic carbocycles. The minimum absolute atomic E-state index is 0.857. The molecule has 0 spiro atoms. The summed E-state index contributed by atoms with van der Waals surface area (Å²) in [6.07, 6.45) is 11.8. The molecule has 22 heavy (non-hydrogen) atoms. The molecule has 0 atom stereocenters. The summed E-state index contributed by atoms with van der Waals surface area (Å²) in [4.78, 5) is 16.7. The fourth-order valence-electron chi connectivity index (χ4n) is 2.46. The predicted octanol–water partition coefficient (Wildman–Crippen LogP) is 3.25. The van der Waals surface area contributed by atoms with Gasteiger partial charge in [0, 0.05) is 43.7 Å². The van der Waals surface area contributed by atoms with E-state index in [2.05, 4.69) is 37.5 Å². The number of aromatic amines is 1. The van der Waals surface area contributed by atoms with Gasteiger partial charge in [-0.05, 0) is 18.6 Å². The maximum atomic E-state index is 4.46. The molecule has 0 saturated carbocycles. The van der Waals surface area contributed by atoms with Gasteiger partial charge < -0.3 is 9.55 Å². The SMILES string of the molecule is CCCCc1ncc(-c2nccn2CCc2ccccn2)[nH]1. The second kappa shape index (κ2) is 7.02. The van der Waals surface area contributed by atoms with Gasteiger partial charge in [0.1, 0.15) is 11.5 Å². The molecule has 0 amide bonds. The molecule has 3 aromatic rings. The van der Waals surface area contributed by atoms with E-state index in [1.807, 2.05) is 36.9 Å². The van der Waals surface area contributed by atoms with Gasteiger partial charge in [0.25, 0.3) is 0 Å². The summed E-state index contributed by atoms with van der Waals surface area (Å²) in [5, 5.41) is 0. The van der Waals surface area contributed by atoms with Crippen LogP contribution in [0.25, 0.3) is 11.5 Å². The number of hydrogen-bond acceptors (Lipinski definition) is 3. The second-order valence-corrected chi connectivity index (χ2v) is 5.36. The minimum atomic E-state index is 0.857. The van der Waals surface area contributed by atoms with Crippen LogP contribution in [0.4, 0.5) is 0 Å². The van der Waals surface area contributed by atoms with Crippen LogP contribution in [0.1, 0.15) is 31.3 Å². The highest BCUT2D eigenvalue weighted by atomic mass is 15.1. The molecule has 0 saturated heterocycles. The minimum Gasteiger partial charge on any atom is -0.339 e. The van der Waals surface area contributed by atoms with E-state index in [9.17, 15) is 0 Å². The highest BCUT2D eigenvalue weighted by molar-refractivity contribution is 5.48. The van der Waals surface area contributed by atoms with Crippen LogP contribution in [-0.2, 0) is 19.4 Å². The fourth-order valence-corrected chi connectivity index (χ4v) is 2.46. The summed E-state index contributed by atoms with van der Waals surface area (Å²) >= 11 is 0. The molecule has 0 aromatic carbocycles. The van der Waals surface area contributed by atoms with Crippen molar-refractivity contribution in [1.82, 2.24) is 24.5 Å². The van der Waals surface area contributed by atoms with Gasteiger partial charge in [0.2, 0.25) is 0 Å². The molecule has 0 radical (unpaired) electrons. The fraction of sp³-hybridized carbons (Fsp3) is 0.353. The average Bonchev–Trinajstić information content (AvgIpc) is 3.20. The average molecular weight is 295 g/mol. The van der Waals surface area contributed by atoms with Gasteiger partial charge in [-0.1, -0.05) is 19.4 Å². The summed E-state index contributed by atoms with van der Waals surface area (Å²) in [7, 11) is 0. The lowest BCUT2D eigenvalue weighted by molar-refractivity contribution is 0.690. The molecular weight excluding hydrogens is 274 g/mol. The van der Waals surface area contributed by atoms with E-state index in [0.29, 0.717) is 0 Å². The van der Waals surface area contributed by atoms with Crippen molar-refractivity contribution >= 4 is 0 Å². The number of unbranched alkanes of at least 4 members (excludes halogenated alkanes) is 1. The van der Waals surface area contributed by atoms with Gasteiger partial charge >= 0.3 is 0 Å². The van der Waals surface area contributed by atoms with Crippen molar-refractivity contribution in [3.8, 4) is 11.5 Å². The van der Waals surface area contributed by atoms with Gasteiger partial charge in [-0.2, -0.15) is 0 Å². The first-order valence-corrected chi connectivity index (χ1v) is 7.82. The summed E-state index contributed by atoms with van der Waals surface area (Å²) in [6.45, 7) is 3.05. The summed E-state index contributed by atoms with van der Waals surface area (Å²) in [5.41, 5.74) is 2.08. The number of rotatable bonds is 7. The van der Waals surface area contributed by atoms with Gasteiger partial charge in [0.05, 0.1) is 6.20 Å². The van der Waals surface area contributed by atoms with Crippen molar-refractivity contribution in [3.05, 3.63) is 54.5 Å². The Kier molecular flexibility index (Phi) is 4.63. The Labute approximate surface area is 130 Å². The van der Waals surface area contributed by atoms with E-state index in [0.717, 1.165) is 48.8 Å². The number of nitrogens with one attached hydrogen (secondary N) is 1. The van der Waals surface area contributed by atoms with Crippen LogP contribution in [-0.4, -0.2) is 24.5 Å². The lowest BCUT2D eigenvalue weighted by Gasteiger charge is -2.06. The third-order valence-electron chi connectivity index (χ3n) is 3.69. The Hall–Kier alpha value is -2.43. The lowest BCUT2D eigenvalue weighted by atomic mass is 10.2. The van der Waals surface area contributed by atoms with Crippen molar-refractivity contribution in [2.24, 2.45) is 0 Å². The standard InChI is InChI=1S/C17H21N5/c1-2-3-7-16-20-13-15(21-16)17-19-10-12-22(17)11-8-14-6-4-5-9-18-14/h4-6,9-10,12-13H,2-3,7-8,11H2,1H3,(H,20,21). The zero-order valence-electron chi connectivity index (χ0n) is 12.9. The van der Waals surface area contributed by atoms with Crippen LogP contribution in [0, 0.1) is 0 Å². The predicted molar refractivity (Wildman–Crippen MR) is 86.4 cm³/mol. The third kappa shape index (κ3) is 3.42. The Morgan fingerprint density at radius 1 is 1.09 bits per heavy atom. The van der Waals surface area contributed by atoms with Crippen LogP contribution < -0.4 is 0 Å². The molecule has 0 fully saturated rings. The summed E-state index contributed by atoms with van der Waals surface area (Å²) < 4.78 is 2.14. The van der Waals surface area contributed by atoms with E-state index in [1.165, 1.54) is 6.42 Å². The van der Waals surface area contributed by atoms with Crippen LogP contribution in [0.2, 0.25) is 0 Å². The Bertz CT molecular complexity index is 699. The van der Waals surface area contributed by atoms with Crippen molar-refractivity contribution in [2.45, 2.75) is 39.2 Å². The van der Waals surface area contributed by atoms with Gasteiger partial charge in [-0.3, -0.25) is 4.98 Å². The first-order valence-electron chi connectivity index (χ1n) is 7.82. The first-order chi connectivity index (χ1) is 10.9. The molecule has 114 valence electrons. The molecule has 5 heteroatoms. The smallest absolute Gasteiger partial charge is 0.158 e. The highest BCUT2D eigenvalue weighted by Crippen LogP contribution is 2.16. The maximum Gasteiger partial charge on any atom is 0.158 e. The largest absolute Gasteiger partial charge is 0.339 e. The number of nitrogens with zero attached hydrogens (tertiary/aromatic N) is 4. The number of H-pyrrole nitrogens is 1. The summed E-state index contributed by atoms with van der Waals surface area (Å²) in [6, 6.07) is 6.01. The van der Waals surface area contributed by atoms with E-state index < -0.39 is 0 Å². The van der Waals surface area contributed by atoms with E-state index in [1.54, 1.807) is 0 Å². The third-order valence-corrected chi connectivity index (χ3v) is 3.69. The Balaban J connectivity index is 1.70. The van der Waals surface area contributed by atoms with Crippen molar-refractivity contribution in [3.63, 3.8) is 0 Å². The van der Waals surface area contributed by atoms with Crippen LogP contribution in [0.3, 0.4) is 0 Å². The number of aromatic nitrogens is 5. The number of aryl methyl sites for hydroxylation is 3. The molecular formula is C17H21N5. The molecule has 0 aliphatic heterocycles. The monoisotopic (exact) mass is 295 g/mol. The van der Waals surface area contributed by atoms with Crippen molar-refractivity contribution in [2.75, 3.05) is 0 Å². The molecule has 1 N–H and O–H groups in total. The Morgan fingerprint density at radius 3 is 2.86 bits per heavy atom. The van der Waals surface area contributed by atoms with Crippen LogP contribution >= 0.6 is 0 Å². The lowest BCUT2D eigenvalue weighted by Crippen LogP contribution is -2.03. The van der Waals surface area contributed by atoms with Crippen LogP contribution in [0.5, 0.6) is 0 Å². The van der Waals surface area contributed by atoms with Crippen molar-refractivity contribution < 1.29 is 0 Å². The topological polar surface area (TPSA) is 59.4 Å². The van der Waals surface area contributed by atoms with E-state index >= 15 is 0 Å². The molecule has 0 bridgehead atoms.